The van der Waals surface area contributed by atoms with Crippen molar-refractivity contribution >= 4 is 11.4 Å². The van der Waals surface area contributed by atoms with E-state index >= 15 is 0 Å². The first kappa shape index (κ1) is 12.0. The minimum Gasteiger partial charge on any atom is -0.372 e. The van der Waals surface area contributed by atoms with E-state index in [1.807, 2.05) is 0 Å². The largest absolute Gasteiger partial charge is 0.372 e. The molecule has 1 aromatic carbocycles. The number of hydrogen-bond acceptors (Lipinski definition) is 5. The number of hydrogen-bond donors (Lipinski definition) is 1. The third kappa shape index (κ3) is 2.26. The number of aryl methyl sites for hydroxylation is 1. The van der Waals surface area contributed by atoms with Crippen LogP contribution in [-0.2, 0) is 13.6 Å². The molecule has 0 aliphatic heterocycles. The van der Waals surface area contributed by atoms with Crippen molar-refractivity contribution < 1.29 is 9.31 Å². The molecule has 1 N–H and O–H groups in total. The van der Waals surface area contributed by atoms with Crippen LogP contribution in [0, 0.1) is 15.9 Å². The fourth-order valence-electron chi connectivity index (χ4n) is 1.48. The zero-order valence-electron chi connectivity index (χ0n) is 9.50. The third-order valence-corrected chi connectivity index (χ3v) is 2.41. The van der Waals surface area contributed by atoms with E-state index < -0.39 is 16.4 Å². The molecule has 0 fully saturated rings. The van der Waals surface area contributed by atoms with Crippen molar-refractivity contribution in [2.45, 2.75) is 6.54 Å². The van der Waals surface area contributed by atoms with Crippen LogP contribution in [-0.4, -0.2) is 19.7 Å². The monoisotopic (exact) mass is 251 g/mol. The molecule has 0 spiro atoms. The predicted molar refractivity (Wildman–Crippen MR) is 61.4 cm³/mol. The van der Waals surface area contributed by atoms with Crippen LogP contribution in [0.1, 0.15) is 5.82 Å². The number of rotatable bonds is 4. The number of aromatic nitrogens is 3. The van der Waals surface area contributed by atoms with Crippen molar-refractivity contribution in [3.05, 3.63) is 46.3 Å². The Labute approximate surface area is 101 Å². The zero-order chi connectivity index (χ0) is 13.1. The summed E-state index contributed by atoms with van der Waals surface area (Å²) >= 11 is 0. The maximum atomic E-state index is 13.3. The smallest absolute Gasteiger partial charge is 0.327 e. The number of nitro benzene ring substituents is 1. The maximum Gasteiger partial charge on any atom is 0.327 e. The molecule has 0 atom stereocenters. The van der Waals surface area contributed by atoms with E-state index in [9.17, 15) is 14.5 Å². The highest BCUT2D eigenvalue weighted by molar-refractivity contribution is 5.61. The number of para-hydroxylation sites is 1. The van der Waals surface area contributed by atoms with Gasteiger partial charge in [-0.1, -0.05) is 6.07 Å². The molecule has 0 aliphatic rings. The van der Waals surface area contributed by atoms with E-state index in [-0.39, 0.29) is 12.2 Å². The van der Waals surface area contributed by atoms with Gasteiger partial charge < -0.3 is 9.88 Å². The number of nitro groups is 1. The highest BCUT2D eigenvalue weighted by Crippen LogP contribution is 2.27. The van der Waals surface area contributed by atoms with Crippen LogP contribution < -0.4 is 5.32 Å². The van der Waals surface area contributed by atoms with E-state index in [2.05, 4.69) is 15.5 Å². The lowest BCUT2D eigenvalue weighted by Gasteiger charge is -2.06. The normalized spacial score (nSPS) is 10.3. The molecule has 2 rings (SSSR count). The average molecular weight is 251 g/mol. The molecule has 0 aliphatic carbocycles. The number of halogens is 1. The van der Waals surface area contributed by atoms with Gasteiger partial charge in [0.2, 0.25) is 5.82 Å². The Bertz CT molecular complexity index is 583. The molecule has 0 amide bonds. The molecule has 7 nitrogen and oxygen atoms in total. The van der Waals surface area contributed by atoms with Crippen LogP contribution in [0.2, 0.25) is 0 Å². The molecule has 1 aromatic heterocycles. The second-order valence-electron chi connectivity index (χ2n) is 3.60. The standard InChI is InChI=1S/C10H10FN5O2/c1-15-6-13-14-9(15)5-12-8-4-2-3-7(11)10(8)16(17)18/h2-4,6,12H,5H2,1H3. The van der Waals surface area contributed by atoms with Crippen molar-refractivity contribution in [2.24, 2.45) is 7.05 Å². The fourth-order valence-corrected chi connectivity index (χ4v) is 1.48. The van der Waals surface area contributed by atoms with Gasteiger partial charge in [-0.2, -0.15) is 4.39 Å². The van der Waals surface area contributed by atoms with E-state index in [0.717, 1.165) is 6.07 Å². The molecule has 8 heteroatoms. The van der Waals surface area contributed by atoms with Crippen molar-refractivity contribution in [1.82, 2.24) is 14.8 Å². The van der Waals surface area contributed by atoms with E-state index in [1.54, 1.807) is 11.6 Å². The first-order chi connectivity index (χ1) is 8.59. The second-order valence-corrected chi connectivity index (χ2v) is 3.60. The van der Waals surface area contributed by atoms with Crippen LogP contribution in [0.3, 0.4) is 0 Å². The Balaban J connectivity index is 2.22. The Morgan fingerprint density at radius 3 is 2.94 bits per heavy atom. The number of benzene rings is 1. The van der Waals surface area contributed by atoms with Crippen LogP contribution in [0.15, 0.2) is 24.5 Å². The van der Waals surface area contributed by atoms with Crippen molar-refractivity contribution in [3.8, 4) is 0 Å². The van der Waals surface area contributed by atoms with Gasteiger partial charge in [0, 0.05) is 7.05 Å². The van der Waals surface area contributed by atoms with Gasteiger partial charge in [-0.15, -0.1) is 10.2 Å². The van der Waals surface area contributed by atoms with Gasteiger partial charge in [-0.05, 0) is 12.1 Å². The predicted octanol–water partition coefficient (Wildman–Crippen LogP) is 1.47. The van der Waals surface area contributed by atoms with Crippen molar-refractivity contribution in [2.75, 3.05) is 5.32 Å². The Morgan fingerprint density at radius 2 is 2.33 bits per heavy atom. The summed E-state index contributed by atoms with van der Waals surface area (Å²) in [5.74, 6) is -0.281. The highest BCUT2D eigenvalue weighted by Gasteiger charge is 2.19. The first-order valence-electron chi connectivity index (χ1n) is 5.09. The lowest BCUT2D eigenvalue weighted by molar-refractivity contribution is -0.386. The van der Waals surface area contributed by atoms with E-state index in [1.165, 1.54) is 18.5 Å². The molecule has 18 heavy (non-hydrogen) atoms. The second kappa shape index (κ2) is 4.78. The average Bonchev–Trinajstić information content (AvgIpc) is 2.71. The number of nitrogens with one attached hydrogen (secondary N) is 1. The lowest BCUT2D eigenvalue weighted by atomic mass is 10.2. The molecular formula is C10H10FN5O2. The summed E-state index contributed by atoms with van der Waals surface area (Å²) in [7, 11) is 1.75. The van der Waals surface area contributed by atoms with Gasteiger partial charge in [0.15, 0.2) is 5.82 Å². The maximum absolute atomic E-state index is 13.3. The third-order valence-electron chi connectivity index (χ3n) is 2.41. The van der Waals surface area contributed by atoms with Gasteiger partial charge in [-0.25, -0.2) is 0 Å². The van der Waals surface area contributed by atoms with Gasteiger partial charge in [0.05, 0.1) is 11.5 Å². The summed E-state index contributed by atoms with van der Waals surface area (Å²) in [5, 5.41) is 21.0. The molecule has 0 bridgehead atoms. The lowest BCUT2D eigenvalue weighted by Crippen LogP contribution is -2.08. The topological polar surface area (TPSA) is 85.9 Å². The van der Waals surface area contributed by atoms with Gasteiger partial charge in [-0.3, -0.25) is 10.1 Å². The summed E-state index contributed by atoms with van der Waals surface area (Å²) in [4.78, 5) is 10.0. The fraction of sp³-hybridized carbons (Fsp3) is 0.200. The quantitative estimate of drug-likeness (QED) is 0.657. The first-order valence-corrected chi connectivity index (χ1v) is 5.09. The van der Waals surface area contributed by atoms with Gasteiger partial charge >= 0.3 is 5.69 Å². The van der Waals surface area contributed by atoms with Crippen molar-refractivity contribution in [1.29, 1.82) is 0 Å². The Morgan fingerprint density at radius 1 is 1.56 bits per heavy atom. The van der Waals surface area contributed by atoms with Crippen molar-refractivity contribution in [3.63, 3.8) is 0 Å². The Kier molecular flexibility index (Phi) is 3.18. The molecule has 94 valence electrons. The zero-order valence-corrected chi connectivity index (χ0v) is 9.50. The summed E-state index contributed by atoms with van der Waals surface area (Å²) in [6.07, 6.45) is 1.51. The molecule has 2 aromatic rings. The minimum absolute atomic E-state index is 0.114. The summed E-state index contributed by atoms with van der Waals surface area (Å²) in [6.45, 7) is 0.223. The van der Waals surface area contributed by atoms with Crippen LogP contribution >= 0.6 is 0 Å². The summed E-state index contributed by atoms with van der Waals surface area (Å²) < 4.78 is 15.0. The summed E-state index contributed by atoms with van der Waals surface area (Å²) in [5.41, 5.74) is -0.456. The minimum atomic E-state index is -0.872. The van der Waals surface area contributed by atoms with Gasteiger partial charge in [0.25, 0.3) is 0 Å². The summed E-state index contributed by atoms with van der Waals surface area (Å²) in [6, 6.07) is 3.89. The van der Waals surface area contributed by atoms with Crippen LogP contribution in [0.5, 0.6) is 0 Å². The van der Waals surface area contributed by atoms with Crippen LogP contribution in [0.25, 0.3) is 0 Å². The number of anilines is 1. The van der Waals surface area contributed by atoms with Gasteiger partial charge in [0.1, 0.15) is 12.0 Å². The number of nitrogens with zero attached hydrogens (tertiary/aromatic N) is 4. The molecule has 0 saturated heterocycles. The molecule has 0 unspecified atom stereocenters. The molecule has 0 radical (unpaired) electrons. The molecular weight excluding hydrogens is 241 g/mol. The highest BCUT2D eigenvalue weighted by atomic mass is 19.1. The van der Waals surface area contributed by atoms with E-state index in [4.69, 9.17) is 0 Å². The molecule has 1 heterocycles. The Hall–Kier alpha value is -2.51. The van der Waals surface area contributed by atoms with Crippen LogP contribution in [0.4, 0.5) is 15.8 Å². The van der Waals surface area contributed by atoms with E-state index in [0.29, 0.717) is 5.82 Å². The molecule has 0 saturated carbocycles. The SMILES string of the molecule is Cn1cnnc1CNc1cccc(F)c1[N+](=O)[O-].